The normalized spacial score (nSPS) is 15.4. The number of carbonyl (C=O) groups excluding carboxylic acids is 1. The smallest absolute Gasteiger partial charge is 0.226 e. The molecule has 156 valence electrons. The van der Waals surface area contributed by atoms with Gasteiger partial charge in [-0.1, -0.05) is 43.6 Å². The zero-order valence-electron chi connectivity index (χ0n) is 17.4. The zero-order chi connectivity index (χ0) is 20.6. The summed E-state index contributed by atoms with van der Waals surface area (Å²) in [6, 6.07) is 15.9. The lowest BCUT2D eigenvalue weighted by atomic mass is 9.89. The lowest BCUT2D eigenvalue weighted by molar-refractivity contribution is -0.118. The lowest BCUT2D eigenvalue weighted by Crippen LogP contribution is -2.34. The van der Waals surface area contributed by atoms with Crippen LogP contribution in [0.2, 0.25) is 5.02 Å². The number of piperidine rings is 1. The minimum atomic E-state index is -0.00949. The van der Waals surface area contributed by atoms with Gasteiger partial charge in [0.25, 0.3) is 0 Å². The van der Waals surface area contributed by atoms with E-state index in [1.54, 1.807) is 0 Å². The molecule has 0 saturated carbocycles. The van der Waals surface area contributed by atoms with E-state index < -0.39 is 0 Å². The minimum absolute atomic E-state index is 0.00949. The van der Waals surface area contributed by atoms with Crippen LogP contribution < -0.4 is 10.1 Å². The first-order valence-electron chi connectivity index (χ1n) is 10.5. The Kier molecular flexibility index (Phi) is 7.96. The Morgan fingerprint density at radius 3 is 2.66 bits per heavy atom. The van der Waals surface area contributed by atoms with Crippen molar-refractivity contribution >= 4 is 23.2 Å². The van der Waals surface area contributed by atoms with Gasteiger partial charge in [0.2, 0.25) is 5.91 Å². The highest BCUT2D eigenvalue weighted by molar-refractivity contribution is 6.30. The van der Waals surface area contributed by atoms with Crippen molar-refractivity contribution in [2.75, 3.05) is 31.6 Å². The molecule has 0 aromatic heterocycles. The van der Waals surface area contributed by atoms with Gasteiger partial charge in [-0.25, -0.2) is 0 Å². The van der Waals surface area contributed by atoms with E-state index in [1.807, 2.05) is 50.2 Å². The second-order valence-corrected chi connectivity index (χ2v) is 8.48. The summed E-state index contributed by atoms with van der Waals surface area (Å²) in [6.07, 6.45) is 3.31. The third kappa shape index (κ3) is 6.76. The molecule has 1 N–H and O–H groups in total. The molecular weight excluding hydrogens is 384 g/mol. The molecule has 0 unspecified atom stereocenters. The molecule has 1 saturated heterocycles. The average molecular weight is 415 g/mol. The van der Waals surface area contributed by atoms with E-state index in [0.29, 0.717) is 17.5 Å². The number of amides is 1. The highest BCUT2D eigenvalue weighted by atomic mass is 35.5. The van der Waals surface area contributed by atoms with E-state index >= 15 is 0 Å². The number of likely N-dealkylation sites (tertiary alicyclic amines) is 1. The summed E-state index contributed by atoms with van der Waals surface area (Å²) in [5, 5.41) is 3.72. The zero-order valence-corrected chi connectivity index (χ0v) is 18.1. The van der Waals surface area contributed by atoms with Gasteiger partial charge < -0.3 is 15.0 Å². The summed E-state index contributed by atoms with van der Waals surface area (Å²) < 4.78 is 5.78. The summed E-state index contributed by atoms with van der Waals surface area (Å²) in [5.41, 5.74) is 2.23. The maximum atomic E-state index is 11.9. The number of benzene rings is 2. The molecule has 0 atom stereocenters. The van der Waals surface area contributed by atoms with Crippen LogP contribution in [-0.2, 0) is 4.79 Å². The van der Waals surface area contributed by atoms with Crippen LogP contribution in [0.5, 0.6) is 5.75 Å². The van der Waals surface area contributed by atoms with E-state index in [2.05, 4.69) is 22.3 Å². The fourth-order valence-electron chi connectivity index (χ4n) is 3.68. The van der Waals surface area contributed by atoms with Gasteiger partial charge in [0.15, 0.2) is 0 Å². The van der Waals surface area contributed by atoms with Crippen molar-refractivity contribution in [1.82, 2.24) is 4.90 Å². The fourth-order valence-corrected chi connectivity index (χ4v) is 3.86. The van der Waals surface area contributed by atoms with Crippen LogP contribution in [0.15, 0.2) is 48.5 Å². The third-order valence-electron chi connectivity index (χ3n) is 5.42. The van der Waals surface area contributed by atoms with Crippen LogP contribution in [0.25, 0.3) is 0 Å². The minimum Gasteiger partial charge on any atom is -0.493 e. The Balaban J connectivity index is 1.40. The quantitative estimate of drug-likeness (QED) is 0.573. The van der Waals surface area contributed by atoms with Gasteiger partial charge in [-0.3, -0.25) is 4.79 Å². The van der Waals surface area contributed by atoms with Gasteiger partial charge in [-0.15, -0.1) is 0 Å². The van der Waals surface area contributed by atoms with E-state index in [9.17, 15) is 4.79 Å². The average Bonchev–Trinajstić information content (AvgIpc) is 2.72. The van der Waals surface area contributed by atoms with E-state index in [0.717, 1.165) is 50.3 Å². The highest BCUT2D eigenvalue weighted by Crippen LogP contribution is 2.29. The van der Waals surface area contributed by atoms with Crippen molar-refractivity contribution in [2.24, 2.45) is 5.92 Å². The molecule has 29 heavy (non-hydrogen) atoms. The molecule has 2 aromatic carbocycles. The molecule has 0 radical (unpaired) electrons. The van der Waals surface area contributed by atoms with Crippen LogP contribution in [0, 0.1) is 5.92 Å². The van der Waals surface area contributed by atoms with Crippen LogP contribution in [-0.4, -0.2) is 37.0 Å². The molecule has 3 rings (SSSR count). The molecule has 5 heteroatoms. The van der Waals surface area contributed by atoms with E-state index in [4.69, 9.17) is 16.3 Å². The Labute approximate surface area is 179 Å². The monoisotopic (exact) mass is 414 g/mol. The number of anilines is 1. The molecule has 0 spiro atoms. The predicted molar refractivity (Wildman–Crippen MR) is 120 cm³/mol. The number of nitrogens with zero attached hydrogens (tertiary/aromatic N) is 1. The van der Waals surface area contributed by atoms with Gasteiger partial charge in [0.05, 0.1) is 6.61 Å². The second kappa shape index (κ2) is 10.7. The van der Waals surface area contributed by atoms with Crippen LogP contribution in [0.3, 0.4) is 0 Å². The number of carbonyl (C=O) groups is 1. The number of rotatable bonds is 8. The molecule has 1 heterocycles. The van der Waals surface area contributed by atoms with Crippen molar-refractivity contribution in [2.45, 2.75) is 39.0 Å². The molecule has 4 nitrogen and oxygen atoms in total. The molecule has 1 amide bonds. The standard InChI is InChI=1S/C24H31ClN2O2/c1-18(2)24(28)26-22-8-3-6-20(16-22)19-10-13-27(14-11-19)12-5-15-29-23-9-4-7-21(25)17-23/h3-4,6-9,16-19H,5,10-15H2,1-2H3,(H,26,28). The van der Waals surface area contributed by atoms with Crippen molar-refractivity contribution in [3.8, 4) is 5.75 Å². The molecule has 0 aliphatic carbocycles. The predicted octanol–water partition coefficient (Wildman–Crippen LogP) is 5.58. The van der Waals surface area contributed by atoms with Gasteiger partial charge >= 0.3 is 0 Å². The molecule has 2 aromatic rings. The number of halogens is 1. The summed E-state index contributed by atoms with van der Waals surface area (Å²) in [5.74, 6) is 1.45. The van der Waals surface area contributed by atoms with Gasteiger partial charge in [0.1, 0.15) is 5.75 Å². The second-order valence-electron chi connectivity index (χ2n) is 8.04. The Bertz CT molecular complexity index is 801. The molecule has 0 bridgehead atoms. The highest BCUT2D eigenvalue weighted by Gasteiger charge is 2.20. The Morgan fingerprint density at radius 1 is 1.17 bits per heavy atom. The number of ether oxygens (including phenoxy) is 1. The van der Waals surface area contributed by atoms with Crippen LogP contribution in [0.1, 0.15) is 44.6 Å². The van der Waals surface area contributed by atoms with Crippen molar-refractivity contribution in [3.05, 3.63) is 59.1 Å². The summed E-state index contributed by atoms with van der Waals surface area (Å²) in [7, 11) is 0. The molecule has 1 fully saturated rings. The molecule has 1 aliphatic rings. The van der Waals surface area contributed by atoms with Gasteiger partial charge in [-0.05, 0) is 74.2 Å². The largest absolute Gasteiger partial charge is 0.493 e. The van der Waals surface area contributed by atoms with Crippen LogP contribution in [0.4, 0.5) is 5.69 Å². The maximum Gasteiger partial charge on any atom is 0.226 e. The number of nitrogens with one attached hydrogen (secondary N) is 1. The number of hydrogen-bond acceptors (Lipinski definition) is 3. The maximum absolute atomic E-state index is 11.9. The first-order valence-corrected chi connectivity index (χ1v) is 10.9. The Hall–Kier alpha value is -2.04. The summed E-state index contributed by atoms with van der Waals surface area (Å²) in [6.45, 7) is 7.79. The van der Waals surface area contributed by atoms with Gasteiger partial charge in [-0.2, -0.15) is 0 Å². The third-order valence-corrected chi connectivity index (χ3v) is 5.66. The lowest BCUT2D eigenvalue weighted by Gasteiger charge is -2.32. The fraction of sp³-hybridized carbons (Fsp3) is 0.458. The van der Waals surface area contributed by atoms with Crippen LogP contribution >= 0.6 is 11.6 Å². The Morgan fingerprint density at radius 2 is 1.93 bits per heavy atom. The first-order chi connectivity index (χ1) is 14.0. The van der Waals surface area contributed by atoms with Gasteiger partial charge in [0, 0.05) is 23.2 Å². The molecular formula is C24H31ClN2O2. The van der Waals surface area contributed by atoms with E-state index in [1.165, 1.54) is 5.56 Å². The van der Waals surface area contributed by atoms with Crippen molar-refractivity contribution in [1.29, 1.82) is 0 Å². The van der Waals surface area contributed by atoms with Crippen molar-refractivity contribution < 1.29 is 9.53 Å². The van der Waals surface area contributed by atoms with E-state index in [-0.39, 0.29) is 11.8 Å². The first kappa shape index (κ1) is 21.7. The SMILES string of the molecule is CC(C)C(=O)Nc1cccc(C2CCN(CCCOc3cccc(Cl)c3)CC2)c1. The summed E-state index contributed by atoms with van der Waals surface area (Å²) in [4.78, 5) is 14.5. The topological polar surface area (TPSA) is 41.6 Å². The molecule has 1 aliphatic heterocycles. The van der Waals surface area contributed by atoms with Crippen molar-refractivity contribution in [3.63, 3.8) is 0 Å². The summed E-state index contributed by atoms with van der Waals surface area (Å²) >= 11 is 5.98. The number of hydrogen-bond donors (Lipinski definition) is 1.